The third-order valence-corrected chi connectivity index (χ3v) is 5.46. The van der Waals surface area contributed by atoms with Crippen LogP contribution >= 0.6 is 0 Å². The van der Waals surface area contributed by atoms with Gasteiger partial charge in [-0.2, -0.15) is 8.42 Å². The molecule has 0 radical (unpaired) electrons. The highest BCUT2D eigenvalue weighted by Crippen LogP contribution is 2.27. The van der Waals surface area contributed by atoms with E-state index in [1.54, 1.807) is 12.1 Å². The molecule has 3 nitrogen and oxygen atoms in total. The van der Waals surface area contributed by atoms with Crippen molar-refractivity contribution in [2.45, 2.75) is 69.6 Å². The molecule has 0 aliphatic heterocycles. The summed E-state index contributed by atoms with van der Waals surface area (Å²) in [6.45, 7) is 2.23. The maximum atomic E-state index is 11.5. The lowest BCUT2D eigenvalue weighted by atomic mass is 9.99. The minimum absolute atomic E-state index is 0.00206. The summed E-state index contributed by atoms with van der Waals surface area (Å²) in [5, 5.41) is 1.53. The van der Waals surface area contributed by atoms with Crippen molar-refractivity contribution in [2.24, 2.45) is 0 Å². The highest BCUT2D eigenvalue weighted by atomic mass is 32.2. The van der Waals surface area contributed by atoms with Crippen LogP contribution in [0.15, 0.2) is 41.3 Å². The van der Waals surface area contributed by atoms with Gasteiger partial charge in [0.25, 0.3) is 10.1 Å². The average molecular weight is 349 g/mol. The summed E-state index contributed by atoms with van der Waals surface area (Å²) in [5.41, 5.74) is 1.16. The molecule has 0 aliphatic carbocycles. The standard InChI is InChI=1S/C20H28O3S/c1-2-3-4-5-6-7-8-9-12-17-15-16-20(24(21,22)23)19-14-11-10-13-18(17)19/h10-11,13-16H,2-9,12H2,1H3,(H,21,22,23). The molecule has 4 heteroatoms. The number of benzene rings is 2. The second-order valence-corrected chi connectivity index (χ2v) is 7.86. The highest BCUT2D eigenvalue weighted by molar-refractivity contribution is 7.86. The molecule has 2 aromatic rings. The predicted octanol–water partition coefficient (Wildman–Crippen LogP) is 5.77. The first kappa shape index (κ1) is 18.9. The van der Waals surface area contributed by atoms with Crippen LogP contribution in [0.4, 0.5) is 0 Å². The second kappa shape index (κ2) is 9.19. The van der Waals surface area contributed by atoms with Crippen molar-refractivity contribution < 1.29 is 13.0 Å². The van der Waals surface area contributed by atoms with Gasteiger partial charge in [0, 0.05) is 5.39 Å². The molecule has 0 spiro atoms. The van der Waals surface area contributed by atoms with Crippen molar-refractivity contribution in [3.05, 3.63) is 42.0 Å². The second-order valence-electron chi connectivity index (χ2n) is 6.47. The van der Waals surface area contributed by atoms with E-state index in [0.29, 0.717) is 5.39 Å². The van der Waals surface area contributed by atoms with Crippen molar-refractivity contribution >= 4 is 20.9 Å². The number of hydrogen-bond acceptors (Lipinski definition) is 2. The van der Waals surface area contributed by atoms with Gasteiger partial charge in [-0.05, 0) is 29.9 Å². The Morgan fingerprint density at radius 1 is 0.792 bits per heavy atom. The van der Waals surface area contributed by atoms with Crippen LogP contribution in [0, 0.1) is 0 Å². The Morgan fingerprint density at radius 2 is 1.38 bits per heavy atom. The molecule has 0 bridgehead atoms. The zero-order valence-electron chi connectivity index (χ0n) is 14.5. The molecule has 132 valence electrons. The smallest absolute Gasteiger partial charge is 0.282 e. The summed E-state index contributed by atoms with van der Waals surface area (Å²) in [4.78, 5) is -0.00206. The Kier molecular flexibility index (Phi) is 7.25. The van der Waals surface area contributed by atoms with Gasteiger partial charge in [-0.15, -0.1) is 0 Å². The van der Waals surface area contributed by atoms with Crippen LogP contribution in [0.1, 0.15) is 63.9 Å². The first-order chi connectivity index (χ1) is 11.5. The molecular formula is C20H28O3S. The van der Waals surface area contributed by atoms with Crippen LogP contribution in [0.25, 0.3) is 10.8 Å². The van der Waals surface area contributed by atoms with E-state index in [1.807, 2.05) is 18.2 Å². The molecule has 0 fully saturated rings. The molecule has 2 aromatic carbocycles. The lowest BCUT2D eigenvalue weighted by Crippen LogP contribution is -2.00. The molecule has 2 rings (SSSR count). The van der Waals surface area contributed by atoms with E-state index in [0.717, 1.165) is 23.8 Å². The zero-order valence-corrected chi connectivity index (χ0v) is 15.3. The Balaban J connectivity index is 1.96. The first-order valence-electron chi connectivity index (χ1n) is 9.02. The molecular weight excluding hydrogens is 320 g/mol. The van der Waals surface area contributed by atoms with Crippen molar-refractivity contribution in [1.82, 2.24) is 0 Å². The van der Waals surface area contributed by atoms with Crippen molar-refractivity contribution in [3.8, 4) is 0 Å². The Labute approximate surface area is 145 Å². The highest BCUT2D eigenvalue weighted by Gasteiger charge is 2.15. The van der Waals surface area contributed by atoms with Crippen molar-refractivity contribution in [3.63, 3.8) is 0 Å². The summed E-state index contributed by atoms with van der Waals surface area (Å²) in [6.07, 6.45) is 11.1. The van der Waals surface area contributed by atoms with Gasteiger partial charge in [0.2, 0.25) is 0 Å². The molecule has 1 N–H and O–H groups in total. The number of rotatable bonds is 10. The van der Waals surface area contributed by atoms with Gasteiger partial charge in [0.05, 0.1) is 0 Å². The van der Waals surface area contributed by atoms with E-state index in [9.17, 15) is 13.0 Å². The number of aryl methyl sites for hydroxylation is 1. The third kappa shape index (κ3) is 5.32. The van der Waals surface area contributed by atoms with E-state index in [4.69, 9.17) is 0 Å². The Hall–Kier alpha value is -1.39. The van der Waals surface area contributed by atoms with Gasteiger partial charge in [-0.25, -0.2) is 0 Å². The number of unbranched alkanes of at least 4 members (excludes halogenated alkanes) is 7. The predicted molar refractivity (Wildman–Crippen MR) is 100 cm³/mol. The number of fused-ring (bicyclic) bond motifs is 1. The fraction of sp³-hybridized carbons (Fsp3) is 0.500. The maximum Gasteiger partial charge on any atom is 0.295 e. The summed E-state index contributed by atoms with van der Waals surface area (Å²) < 4.78 is 32.4. The summed E-state index contributed by atoms with van der Waals surface area (Å²) in [6, 6.07) is 10.8. The topological polar surface area (TPSA) is 54.4 Å². The maximum absolute atomic E-state index is 11.5. The Bertz CT molecular complexity index is 751. The zero-order chi connectivity index (χ0) is 17.4. The molecule has 0 atom stereocenters. The monoisotopic (exact) mass is 348 g/mol. The van der Waals surface area contributed by atoms with E-state index in [-0.39, 0.29) is 4.90 Å². The summed E-state index contributed by atoms with van der Waals surface area (Å²) in [7, 11) is -4.19. The van der Waals surface area contributed by atoms with Crippen molar-refractivity contribution in [1.29, 1.82) is 0 Å². The van der Waals surface area contributed by atoms with E-state index in [2.05, 4.69) is 6.92 Å². The van der Waals surface area contributed by atoms with Gasteiger partial charge in [-0.1, -0.05) is 82.2 Å². The number of hydrogen-bond donors (Lipinski definition) is 1. The van der Waals surface area contributed by atoms with Gasteiger partial charge < -0.3 is 0 Å². The van der Waals surface area contributed by atoms with Crippen LogP contribution in [0.5, 0.6) is 0 Å². The quantitative estimate of drug-likeness (QED) is 0.438. The van der Waals surface area contributed by atoms with Crippen LogP contribution in [0.3, 0.4) is 0 Å². The molecule has 0 saturated heterocycles. The largest absolute Gasteiger partial charge is 0.295 e. The molecule has 24 heavy (non-hydrogen) atoms. The molecule has 0 aromatic heterocycles. The van der Waals surface area contributed by atoms with E-state index < -0.39 is 10.1 Å². The van der Waals surface area contributed by atoms with Gasteiger partial charge in [-0.3, -0.25) is 4.55 Å². The minimum atomic E-state index is -4.19. The van der Waals surface area contributed by atoms with E-state index in [1.165, 1.54) is 51.0 Å². The SMILES string of the molecule is CCCCCCCCCCc1ccc(S(=O)(=O)O)c2ccccc12. The first-order valence-corrected chi connectivity index (χ1v) is 10.5. The fourth-order valence-electron chi connectivity index (χ4n) is 3.23. The van der Waals surface area contributed by atoms with Gasteiger partial charge in [0.1, 0.15) is 4.90 Å². The van der Waals surface area contributed by atoms with Gasteiger partial charge in [0.15, 0.2) is 0 Å². The third-order valence-electron chi connectivity index (χ3n) is 4.55. The molecule has 0 aliphatic rings. The summed E-state index contributed by atoms with van der Waals surface area (Å²) >= 11 is 0. The van der Waals surface area contributed by atoms with Crippen molar-refractivity contribution in [2.75, 3.05) is 0 Å². The summed E-state index contributed by atoms with van der Waals surface area (Å²) in [5.74, 6) is 0. The fourth-order valence-corrected chi connectivity index (χ4v) is 3.92. The van der Waals surface area contributed by atoms with Crippen LogP contribution < -0.4 is 0 Å². The Morgan fingerprint density at radius 3 is 2.00 bits per heavy atom. The van der Waals surface area contributed by atoms with Crippen LogP contribution in [-0.2, 0) is 16.5 Å². The van der Waals surface area contributed by atoms with Crippen LogP contribution in [-0.4, -0.2) is 13.0 Å². The van der Waals surface area contributed by atoms with Crippen LogP contribution in [0.2, 0.25) is 0 Å². The van der Waals surface area contributed by atoms with Gasteiger partial charge >= 0.3 is 0 Å². The average Bonchev–Trinajstić information content (AvgIpc) is 2.56. The molecule has 0 heterocycles. The van der Waals surface area contributed by atoms with E-state index >= 15 is 0 Å². The molecule has 0 amide bonds. The minimum Gasteiger partial charge on any atom is -0.282 e. The molecule has 0 saturated carbocycles. The normalized spacial score (nSPS) is 11.9. The lowest BCUT2D eigenvalue weighted by molar-refractivity contribution is 0.484. The molecule has 0 unspecified atom stereocenters. The lowest BCUT2D eigenvalue weighted by Gasteiger charge is -2.10.